The van der Waals surface area contributed by atoms with Crippen molar-refractivity contribution in [3.8, 4) is 0 Å². The third-order valence-electron chi connectivity index (χ3n) is 2.28. The summed E-state index contributed by atoms with van der Waals surface area (Å²) in [5.41, 5.74) is 0.782. The number of pyridine rings is 2. The number of nitrogens with zero attached hydrogens (tertiary/aromatic N) is 2. The number of carbonyl (C=O) groups excluding carboxylic acids is 1. The molecule has 0 amide bonds. The Bertz CT molecular complexity index is 655. The number of aldehydes is 1. The monoisotopic (exact) mass is 542 g/mol. The molecule has 0 saturated carbocycles. The van der Waals surface area contributed by atoms with Crippen molar-refractivity contribution in [2.24, 2.45) is 0 Å². The van der Waals surface area contributed by atoms with Gasteiger partial charge in [-0.1, -0.05) is 0 Å². The van der Waals surface area contributed by atoms with Gasteiger partial charge in [-0.15, -0.1) is 17.0 Å². The van der Waals surface area contributed by atoms with E-state index in [4.69, 9.17) is 5.11 Å². The predicted octanol–water partition coefficient (Wildman–Crippen LogP) is 4.59. The summed E-state index contributed by atoms with van der Waals surface area (Å²) in [6.07, 6.45) is 2.47. The molecular weight excluding hydrogens is 530 g/mol. The summed E-state index contributed by atoms with van der Waals surface area (Å²) in [7, 11) is 0. The van der Waals surface area contributed by atoms with Crippen molar-refractivity contribution in [2.45, 2.75) is 13.0 Å². The third-order valence-corrected chi connectivity index (χ3v) is 3.61. The topological polar surface area (TPSA) is 63.1 Å². The van der Waals surface area contributed by atoms with Crippen molar-refractivity contribution in [3.05, 3.63) is 63.9 Å². The van der Waals surface area contributed by atoms with E-state index in [2.05, 4.69) is 41.8 Å². The van der Waals surface area contributed by atoms with Gasteiger partial charge in [-0.25, -0.2) is 9.97 Å². The van der Waals surface area contributed by atoms with Gasteiger partial charge < -0.3 is 14.0 Å². The summed E-state index contributed by atoms with van der Waals surface area (Å²) >= 11 is 6.17. The molecule has 2 aromatic rings. The molecule has 0 saturated heterocycles. The van der Waals surface area contributed by atoms with Crippen molar-refractivity contribution in [1.82, 2.24) is 9.97 Å². The van der Waals surface area contributed by atoms with Gasteiger partial charge in [0.15, 0.2) is 6.29 Å². The van der Waals surface area contributed by atoms with Gasteiger partial charge in [0.2, 0.25) is 11.9 Å². The average Bonchev–Trinajstić information content (AvgIpc) is 2.44. The number of hydrogen-bond donors (Lipinski definition) is 1. The normalized spacial score (nSPS) is 9.92. The Labute approximate surface area is 184 Å². The fraction of sp³-hybridized carbons (Fsp3) is 0.143. The van der Waals surface area contributed by atoms with Crippen LogP contribution < -0.4 is 0 Å². The van der Waals surface area contributed by atoms with Gasteiger partial charge in [0.25, 0.3) is 0 Å². The van der Waals surface area contributed by atoms with Gasteiger partial charge in [0, 0.05) is 44.6 Å². The van der Waals surface area contributed by atoms with Crippen LogP contribution in [0.4, 0.5) is 8.78 Å². The molecule has 10 heteroatoms. The number of carbonyl (C=O) groups is 1. The first-order valence-corrected chi connectivity index (χ1v) is 7.19. The second kappa shape index (κ2) is 14.2. The Morgan fingerprint density at radius 2 is 1.62 bits per heavy atom. The molecule has 4 nitrogen and oxygen atoms in total. The van der Waals surface area contributed by atoms with Crippen LogP contribution in [-0.4, -0.2) is 44.4 Å². The van der Waals surface area contributed by atoms with Crippen LogP contribution in [0.3, 0.4) is 0 Å². The zero-order valence-corrected chi connectivity index (χ0v) is 19.1. The molecule has 2 aromatic heterocycles. The zero-order valence-electron chi connectivity index (χ0n) is 13.8. The second-order valence-corrected chi connectivity index (χ2v) is 5.56. The maximum absolute atomic E-state index is 12.5. The van der Waals surface area contributed by atoms with Gasteiger partial charge >= 0.3 is 23.1 Å². The van der Waals surface area contributed by atoms with E-state index in [1.165, 1.54) is 18.5 Å². The minimum absolute atomic E-state index is 0. The molecule has 0 aliphatic carbocycles. The fourth-order valence-corrected chi connectivity index (χ4v) is 2.12. The van der Waals surface area contributed by atoms with Crippen LogP contribution in [0, 0.1) is 19.3 Å². The standard InChI is InChI=1S/C7H7BrFNO.C6H3BrFNO.CH3.BrH.Mg.H/c1-4(11)5-2-7(9)10-3-6(5)8;7-5-2-9-6(8)1-4(5)3-10;;;;/h2-4,11H,1H3;1-3H;1H3;1H;;/q;;-1;;+2;-1. The van der Waals surface area contributed by atoms with Gasteiger partial charge in [0.05, 0.1) is 6.10 Å². The van der Waals surface area contributed by atoms with Crippen LogP contribution in [0.5, 0.6) is 0 Å². The van der Waals surface area contributed by atoms with E-state index in [0.717, 1.165) is 6.07 Å². The summed E-state index contributed by atoms with van der Waals surface area (Å²) in [5, 5.41) is 9.10. The Morgan fingerprint density at radius 3 is 2.00 bits per heavy atom. The minimum Gasteiger partial charge on any atom is -1.00 e. The summed E-state index contributed by atoms with van der Waals surface area (Å²) in [4.78, 5) is 16.9. The van der Waals surface area contributed by atoms with Crippen molar-refractivity contribution in [2.75, 3.05) is 0 Å². The molecule has 130 valence electrons. The van der Waals surface area contributed by atoms with Gasteiger partial charge in [0.1, 0.15) is 0 Å². The molecule has 0 aliphatic heterocycles. The number of aromatic nitrogens is 2. The van der Waals surface area contributed by atoms with E-state index < -0.39 is 18.0 Å². The SMILES string of the molecule is Br.CC(O)c1cc(F)ncc1Br.O=Cc1cc(F)ncc1Br.[CH3-].[H-].[Mg+2]. The Balaban J connectivity index is -0.000000152. The molecule has 1 atom stereocenters. The van der Waals surface area contributed by atoms with E-state index in [0.29, 0.717) is 20.8 Å². The molecular formula is C14H15Br3F2MgN2O2. The van der Waals surface area contributed by atoms with Gasteiger partial charge in [-0.2, -0.15) is 8.78 Å². The summed E-state index contributed by atoms with van der Waals surface area (Å²) in [6, 6.07) is 2.27. The zero-order chi connectivity index (χ0) is 16.0. The molecule has 1 N–H and O–H groups in total. The molecule has 0 bridgehead atoms. The number of halogens is 5. The number of aliphatic hydroxyl groups is 1. The molecule has 2 heterocycles. The van der Waals surface area contributed by atoms with Crippen molar-refractivity contribution in [3.63, 3.8) is 0 Å². The molecule has 0 radical (unpaired) electrons. The van der Waals surface area contributed by atoms with E-state index in [9.17, 15) is 13.6 Å². The smallest absolute Gasteiger partial charge is 1.00 e. The Hall–Kier alpha value is -0.00377. The van der Waals surface area contributed by atoms with Gasteiger partial charge in [-0.3, -0.25) is 4.79 Å². The molecule has 0 aromatic carbocycles. The molecule has 0 fully saturated rings. The van der Waals surface area contributed by atoms with Crippen LogP contribution >= 0.6 is 48.8 Å². The van der Waals surface area contributed by atoms with Crippen molar-refractivity contribution < 1.29 is 20.1 Å². The first-order valence-electron chi connectivity index (χ1n) is 5.60. The van der Waals surface area contributed by atoms with Crippen molar-refractivity contribution >= 4 is 78.2 Å². The molecule has 24 heavy (non-hydrogen) atoms. The van der Waals surface area contributed by atoms with Crippen molar-refractivity contribution in [1.29, 1.82) is 0 Å². The van der Waals surface area contributed by atoms with E-state index in [1.54, 1.807) is 6.92 Å². The maximum Gasteiger partial charge on any atom is 2.00 e. The maximum atomic E-state index is 12.5. The summed E-state index contributed by atoms with van der Waals surface area (Å²) < 4.78 is 25.8. The predicted molar refractivity (Wildman–Crippen MR) is 103 cm³/mol. The summed E-state index contributed by atoms with van der Waals surface area (Å²) in [6.45, 7) is 1.57. The average molecular weight is 545 g/mol. The first-order chi connectivity index (χ1) is 9.85. The number of aliphatic hydroxyl groups excluding tert-OH is 1. The largest absolute Gasteiger partial charge is 2.00 e. The van der Waals surface area contributed by atoms with Crippen LogP contribution in [0.25, 0.3) is 0 Å². The van der Waals surface area contributed by atoms with Crippen LogP contribution in [0.15, 0.2) is 33.5 Å². The Kier molecular flexibility index (Phi) is 17.0. The quantitative estimate of drug-likeness (QED) is 0.260. The summed E-state index contributed by atoms with van der Waals surface area (Å²) in [5.74, 6) is -1.23. The first kappa shape index (κ1) is 28.8. The molecule has 0 spiro atoms. The second-order valence-electron chi connectivity index (χ2n) is 3.85. The minimum atomic E-state index is -0.679. The molecule has 0 aliphatic rings. The van der Waals surface area contributed by atoms with Crippen LogP contribution in [0.2, 0.25) is 0 Å². The third kappa shape index (κ3) is 9.47. The molecule has 2 rings (SSSR count). The molecule has 1 unspecified atom stereocenters. The van der Waals surface area contributed by atoms with Crippen LogP contribution in [0.1, 0.15) is 30.4 Å². The number of hydrogen-bond acceptors (Lipinski definition) is 4. The van der Waals surface area contributed by atoms with E-state index in [1.807, 2.05) is 0 Å². The number of rotatable bonds is 2. The fourth-order valence-electron chi connectivity index (χ4n) is 1.27. The van der Waals surface area contributed by atoms with E-state index >= 15 is 0 Å². The van der Waals surface area contributed by atoms with Gasteiger partial charge in [-0.05, 0) is 38.8 Å². The van der Waals surface area contributed by atoms with E-state index in [-0.39, 0.29) is 54.5 Å². The van der Waals surface area contributed by atoms with Crippen LogP contribution in [-0.2, 0) is 0 Å². The Morgan fingerprint density at radius 1 is 1.17 bits per heavy atom.